The van der Waals surface area contributed by atoms with Gasteiger partial charge in [-0.15, -0.1) is 0 Å². The number of methoxy groups -OCH3 is 1. The van der Waals surface area contributed by atoms with Crippen LogP contribution in [-0.4, -0.2) is 32.4 Å². The van der Waals surface area contributed by atoms with E-state index in [0.29, 0.717) is 22.6 Å². The Morgan fingerprint density at radius 3 is 2.67 bits per heavy atom. The zero-order valence-corrected chi connectivity index (χ0v) is 18.4. The van der Waals surface area contributed by atoms with Gasteiger partial charge in [0, 0.05) is 36.5 Å². The summed E-state index contributed by atoms with van der Waals surface area (Å²) in [5.41, 5.74) is 1.10. The van der Waals surface area contributed by atoms with Gasteiger partial charge < -0.3 is 29.3 Å². The molecule has 1 saturated carbocycles. The van der Waals surface area contributed by atoms with Crippen LogP contribution in [0.15, 0.2) is 51.7 Å². The Bertz CT molecular complexity index is 1230. The van der Waals surface area contributed by atoms with Crippen LogP contribution in [0.2, 0.25) is 0 Å². The summed E-state index contributed by atoms with van der Waals surface area (Å²) in [5.74, 6) is 2.29. The molecule has 1 aliphatic heterocycles. The molecule has 2 N–H and O–H groups in total. The van der Waals surface area contributed by atoms with Gasteiger partial charge in [-0.05, 0) is 55.9 Å². The van der Waals surface area contributed by atoms with Crippen LogP contribution in [0, 0.1) is 5.92 Å². The van der Waals surface area contributed by atoms with E-state index in [1.807, 2.05) is 18.2 Å². The minimum Gasteiger partial charge on any atom is -0.497 e. The molecule has 172 valence electrons. The fraction of sp³-hybridized carbons (Fsp3) is 0.360. The van der Waals surface area contributed by atoms with Gasteiger partial charge in [0.05, 0.1) is 12.5 Å². The van der Waals surface area contributed by atoms with Crippen molar-refractivity contribution < 1.29 is 23.4 Å². The summed E-state index contributed by atoms with van der Waals surface area (Å²) in [6, 6.07) is 12.1. The van der Waals surface area contributed by atoms with E-state index in [9.17, 15) is 9.59 Å². The van der Waals surface area contributed by atoms with Crippen LogP contribution in [0.4, 0.5) is 5.69 Å². The highest BCUT2D eigenvalue weighted by Crippen LogP contribution is 2.34. The Balaban J connectivity index is 1.15. The molecule has 8 heteroatoms. The second kappa shape index (κ2) is 9.05. The van der Waals surface area contributed by atoms with E-state index in [1.54, 1.807) is 18.2 Å². The zero-order chi connectivity index (χ0) is 22.8. The van der Waals surface area contributed by atoms with E-state index in [0.717, 1.165) is 49.4 Å². The summed E-state index contributed by atoms with van der Waals surface area (Å²) in [6.45, 7) is 1.13. The molecule has 1 fully saturated rings. The number of carbonyl (C=O) groups is 1. The molecule has 0 unspecified atom stereocenters. The van der Waals surface area contributed by atoms with Crippen molar-refractivity contribution in [3.63, 3.8) is 0 Å². The van der Waals surface area contributed by atoms with Crippen LogP contribution in [0.1, 0.15) is 36.2 Å². The van der Waals surface area contributed by atoms with Gasteiger partial charge >= 0.3 is 0 Å². The second-order valence-electron chi connectivity index (χ2n) is 8.48. The molecule has 0 saturated heterocycles. The Morgan fingerprint density at radius 1 is 1.03 bits per heavy atom. The number of hydrogen-bond donors (Lipinski definition) is 2. The predicted octanol–water partition coefficient (Wildman–Crippen LogP) is 3.93. The molecule has 0 spiro atoms. The number of anilines is 1. The number of hydrogen-bond acceptors (Lipinski definition) is 7. The number of nitrogens with one attached hydrogen (secondary N) is 2. The fourth-order valence-electron chi connectivity index (χ4n) is 4.41. The molecule has 1 aliphatic carbocycles. The maximum Gasteiger partial charge on any atom is 0.287 e. The molecule has 5 rings (SSSR count). The van der Waals surface area contributed by atoms with Crippen LogP contribution in [0.3, 0.4) is 0 Å². The van der Waals surface area contributed by atoms with E-state index in [-0.39, 0.29) is 29.9 Å². The molecule has 0 radical (unpaired) electrons. The first-order chi connectivity index (χ1) is 16.1. The molecular weight excluding hydrogens is 424 g/mol. The minimum atomic E-state index is -0.362. The fourth-order valence-corrected chi connectivity index (χ4v) is 4.41. The average molecular weight is 450 g/mol. The summed E-state index contributed by atoms with van der Waals surface area (Å²) < 4.78 is 21.7. The quantitative estimate of drug-likeness (QED) is 0.587. The predicted molar refractivity (Wildman–Crippen MR) is 123 cm³/mol. The van der Waals surface area contributed by atoms with E-state index >= 15 is 0 Å². The average Bonchev–Trinajstić information content (AvgIpc) is 3.31. The van der Waals surface area contributed by atoms with Gasteiger partial charge in [0.15, 0.2) is 22.7 Å². The lowest BCUT2D eigenvalue weighted by Gasteiger charge is -2.29. The third-order valence-electron chi connectivity index (χ3n) is 6.31. The van der Waals surface area contributed by atoms with Gasteiger partial charge in [-0.2, -0.15) is 0 Å². The first kappa shape index (κ1) is 21.2. The Kier molecular flexibility index (Phi) is 5.81. The molecule has 3 aromatic rings. The lowest BCUT2D eigenvalue weighted by molar-refractivity contribution is 0.0895. The van der Waals surface area contributed by atoms with Crippen LogP contribution < -0.4 is 30.3 Å². The first-order valence-electron chi connectivity index (χ1n) is 11.2. The third-order valence-corrected chi connectivity index (χ3v) is 6.31. The molecule has 33 heavy (non-hydrogen) atoms. The topological polar surface area (TPSA) is 99.0 Å². The van der Waals surface area contributed by atoms with Crippen molar-refractivity contribution in [1.29, 1.82) is 0 Å². The molecular formula is C25H26N2O6. The second-order valence-corrected chi connectivity index (χ2v) is 8.48. The smallest absolute Gasteiger partial charge is 0.287 e. The van der Waals surface area contributed by atoms with Crippen LogP contribution >= 0.6 is 0 Å². The van der Waals surface area contributed by atoms with Gasteiger partial charge in [-0.1, -0.05) is 0 Å². The maximum atomic E-state index is 12.7. The summed E-state index contributed by atoms with van der Waals surface area (Å²) in [5, 5.41) is 6.92. The molecule has 2 aliphatic rings. The molecule has 8 nitrogen and oxygen atoms in total. The van der Waals surface area contributed by atoms with Gasteiger partial charge in [0.1, 0.15) is 11.3 Å². The number of fused-ring (bicyclic) bond motifs is 2. The standard InChI is InChI=1S/C25H26N2O6/c1-30-18-7-8-19-20(28)12-24(33-22(19)11-18)25(29)27-16-4-2-15(3-5-16)13-26-17-6-9-21-23(10-17)32-14-31-21/h6-12,15-16,26H,2-5,13-14H2,1H3,(H,27,29). The normalized spacial score (nSPS) is 19.3. The number of ether oxygens (including phenoxy) is 3. The summed E-state index contributed by atoms with van der Waals surface area (Å²) in [7, 11) is 1.54. The van der Waals surface area contributed by atoms with Gasteiger partial charge in [-0.25, -0.2) is 0 Å². The molecule has 2 heterocycles. The SMILES string of the molecule is COc1ccc2c(=O)cc(C(=O)NC3CCC(CNc4ccc5c(c4)OCO5)CC3)oc2c1. The summed E-state index contributed by atoms with van der Waals surface area (Å²) in [4.78, 5) is 25.1. The van der Waals surface area contributed by atoms with Crippen molar-refractivity contribution in [2.45, 2.75) is 31.7 Å². The highest BCUT2D eigenvalue weighted by molar-refractivity contribution is 5.93. The third kappa shape index (κ3) is 4.60. The lowest BCUT2D eigenvalue weighted by Crippen LogP contribution is -2.38. The summed E-state index contributed by atoms with van der Waals surface area (Å²) >= 11 is 0. The van der Waals surface area contributed by atoms with E-state index in [4.69, 9.17) is 18.6 Å². The monoisotopic (exact) mass is 450 g/mol. The maximum absolute atomic E-state index is 12.7. The largest absolute Gasteiger partial charge is 0.497 e. The molecule has 2 aromatic carbocycles. The zero-order valence-electron chi connectivity index (χ0n) is 18.4. The van der Waals surface area contributed by atoms with Gasteiger partial charge in [0.2, 0.25) is 6.79 Å². The highest BCUT2D eigenvalue weighted by atomic mass is 16.7. The van der Waals surface area contributed by atoms with Crippen molar-refractivity contribution >= 4 is 22.6 Å². The van der Waals surface area contributed by atoms with Crippen molar-refractivity contribution in [3.8, 4) is 17.2 Å². The van der Waals surface area contributed by atoms with Gasteiger partial charge in [-0.3, -0.25) is 9.59 Å². The van der Waals surface area contributed by atoms with E-state index in [2.05, 4.69) is 10.6 Å². The van der Waals surface area contributed by atoms with E-state index in [1.165, 1.54) is 13.2 Å². The molecule has 0 atom stereocenters. The minimum absolute atomic E-state index is 0.0207. The lowest BCUT2D eigenvalue weighted by atomic mass is 9.86. The molecule has 0 bridgehead atoms. The van der Waals surface area contributed by atoms with Crippen LogP contribution in [-0.2, 0) is 0 Å². The van der Waals surface area contributed by atoms with Crippen LogP contribution in [0.5, 0.6) is 17.2 Å². The number of amides is 1. The Morgan fingerprint density at radius 2 is 1.85 bits per heavy atom. The molecule has 1 amide bonds. The van der Waals surface area contributed by atoms with Crippen molar-refractivity contribution in [3.05, 3.63) is 58.4 Å². The van der Waals surface area contributed by atoms with Crippen molar-refractivity contribution in [2.75, 3.05) is 25.8 Å². The highest BCUT2D eigenvalue weighted by Gasteiger charge is 2.24. The molecule has 1 aromatic heterocycles. The Hall–Kier alpha value is -3.68. The van der Waals surface area contributed by atoms with Crippen molar-refractivity contribution in [1.82, 2.24) is 5.32 Å². The number of rotatable bonds is 6. The van der Waals surface area contributed by atoms with Crippen molar-refractivity contribution in [2.24, 2.45) is 5.92 Å². The first-order valence-corrected chi connectivity index (χ1v) is 11.2. The number of benzene rings is 2. The van der Waals surface area contributed by atoms with Gasteiger partial charge in [0.25, 0.3) is 5.91 Å². The van der Waals surface area contributed by atoms with Crippen LogP contribution in [0.25, 0.3) is 11.0 Å². The summed E-state index contributed by atoms with van der Waals surface area (Å²) in [6.07, 6.45) is 3.76. The van der Waals surface area contributed by atoms with E-state index < -0.39 is 0 Å². The number of carbonyl (C=O) groups excluding carboxylic acids is 1. The Labute approximate surface area is 190 Å².